The van der Waals surface area contributed by atoms with E-state index >= 15 is 0 Å². The van der Waals surface area contributed by atoms with E-state index in [1.807, 2.05) is 12.1 Å². The summed E-state index contributed by atoms with van der Waals surface area (Å²) in [7, 11) is 2.18. The van der Waals surface area contributed by atoms with Crippen LogP contribution in [0.15, 0.2) is 29.3 Å². The van der Waals surface area contributed by atoms with Crippen LogP contribution in [-0.2, 0) is 5.41 Å². The lowest BCUT2D eigenvalue weighted by Gasteiger charge is -2.36. The standard InChI is InChI=1S/C21H34FN5.HI/c1-4-23-20(24-15-17(2)27-13-11-26(3)12-14-27)25-16-21(9-10-21)18-7-5-6-8-19(18)22;/h5-8,17H,4,9-16H2,1-3H3,(H2,23,24,25);1H. The second kappa shape index (κ2) is 10.7. The van der Waals surface area contributed by atoms with Crippen LogP contribution in [0.25, 0.3) is 0 Å². The Kier molecular flexibility index (Phi) is 8.95. The van der Waals surface area contributed by atoms with Gasteiger partial charge in [-0.05, 0) is 45.4 Å². The molecular formula is C21H35FIN5. The van der Waals surface area contributed by atoms with Gasteiger partial charge in [0.15, 0.2) is 5.96 Å². The molecule has 158 valence electrons. The minimum absolute atomic E-state index is 0. The molecule has 28 heavy (non-hydrogen) atoms. The number of nitrogens with zero attached hydrogens (tertiary/aromatic N) is 3. The largest absolute Gasteiger partial charge is 0.357 e. The lowest BCUT2D eigenvalue weighted by molar-refractivity contribution is 0.120. The fourth-order valence-corrected chi connectivity index (χ4v) is 3.76. The summed E-state index contributed by atoms with van der Waals surface area (Å²) in [6.45, 7) is 11.1. The van der Waals surface area contributed by atoms with Crippen LogP contribution in [-0.4, -0.2) is 74.7 Å². The Morgan fingerprint density at radius 3 is 2.46 bits per heavy atom. The first kappa shape index (κ1) is 23.3. The molecule has 0 aromatic heterocycles. The number of hydrogen-bond donors (Lipinski definition) is 2. The maximum atomic E-state index is 14.2. The summed E-state index contributed by atoms with van der Waals surface area (Å²) in [6.07, 6.45) is 2.02. The first-order chi connectivity index (χ1) is 13.0. The van der Waals surface area contributed by atoms with Gasteiger partial charge in [-0.3, -0.25) is 9.89 Å². The molecule has 0 amide bonds. The molecule has 2 N–H and O–H groups in total. The van der Waals surface area contributed by atoms with Crippen LogP contribution in [0.5, 0.6) is 0 Å². The van der Waals surface area contributed by atoms with Crippen LogP contribution in [0, 0.1) is 5.82 Å². The summed E-state index contributed by atoms with van der Waals surface area (Å²) in [5.41, 5.74) is 0.701. The van der Waals surface area contributed by atoms with Crippen molar-refractivity contribution in [2.75, 3.05) is 52.9 Å². The van der Waals surface area contributed by atoms with E-state index < -0.39 is 0 Å². The van der Waals surface area contributed by atoms with Gasteiger partial charge in [0.1, 0.15) is 5.82 Å². The molecule has 0 radical (unpaired) electrons. The van der Waals surface area contributed by atoms with E-state index in [1.165, 1.54) is 0 Å². The van der Waals surface area contributed by atoms with Crippen LogP contribution in [0.3, 0.4) is 0 Å². The number of halogens is 2. The van der Waals surface area contributed by atoms with Crippen molar-refractivity contribution in [3.63, 3.8) is 0 Å². The Balaban J connectivity index is 0.00000280. The van der Waals surface area contributed by atoms with E-state index in [9.17, 15) is 4.39 Å². The van der Waals surface area contributed by atoms with Crippen molar-refractivity contribution in [1.82, 2.24) is 20.4 Å². The van der Waals surface area contributed by atoms with Gasteiger partial charge >= 0.3 is 0 Å². The first-order valence-corrected chi connectivity index (χ1v) is 10.2. The highest BCUT2D eigenvalue weighted by Crippen LogP contribution is 2.49. The van der Waals surface area contributed by atoms with Crippen molar-refractivity contribution < 1.29 is 4.39 Å². The average Bonchev–Trinajstić information content (AvgIpc) is 3.45. The van der Waals surface area contributed by atoms with Gasteiger partial charge in [-0.1, -0.05) is 18.2 Å². The SMILES string of the molecule is CCNC(=NCC1(c2ccccc2F)CC1)NCC(C)N1CCN(C)CC1.I. The van der Waals surface area contributed by atoms with Gasteiger partial charge in [-0.15, -0.1) is 24.0 Å². The predicted octanol–water partition coefficient (Wildman–Crippen LogP) is 2.67. The molecule has 1 aromatic rings. The van der Waals surface area contributed by atoms with Crippen LogP contribution in [0.4, 0.5) is 4.39 Å². The third-order valence-electron chi connectivity index (χ3n) is 5.91. The molecule has 7 heteroatoms. The van der Waals surface area contributed by atoms with Gasteiger partial charge in [-0.2, -0.15) is 0 Å². The second-order valence-corrected chi connectivity index (χ2v) is 8.02. The van der Waals surface area contributed by atoms with Crippen molar-refractivity contribution in [1.29, 1.82) is 0 Å². The molecule has 3 rings (SSSR count). The quantitative estimate of drug-likeness (QED) is 0.341. The van der Waals surface area contributed by atoms with E-state index in [4.69, 9.17) is 4.99 Å². The zero-order valence-corrected chi connectivity index (χ0v) is 19.7. The topological polar surface area (TPSA) is 42.9 Å². The van der Waals surface area contributed by atoms with E-state index in [1.54, 1.807) is 12.1 Å². The number of nitrogens with one attached hydrogen (secondary N) is 2. The second-order valence-electron chi connectivity index (χ2n) is 8.02. The molecule has 1 aliphatic heterocycles. The first-order valence-electron chi connectivity index (χ1n) is 10.2. The normalized spacial score (nSPS) is 20.9. The Morgan fingerprint density at radius 2 is 1.86 bits per heavy atom. The fraction of sp³-hybridized carbons (Fsp3) is 0.667. The monoisotopic (exact) mass is 503 g/mol. The number of likely N-dealkylation sites (N-methyl/N-ethyl adjacent to an activating group) is 1. The third kappa shape index (κ3) is 6.03. The van der Waals surface area contributed by atoms with Gasteiger partial charge in [0.25, 0.3) is 0 Å². The number of piperazine rings is 1. The van der Waals surface area contributed by atoms with Crippen molar-refractivity contribution in [2.45, 2.75) is 38.1 Å². The van der Waals surface area contributed by atoms with E-state index in [2.05, 4.69) is 41.3 Å². The molecule has 2 fully saturated rings. The molecule has 0 spiro atoms. The van der Waals surface area contributed by atoms with Crippen molar-refractivity contribution >= 4 is 29.9 Å². The Hall–Kier alpha value is -0.930. The van der Waals surface area contributed by atoms with Crippen molar-refractivity contribution in [3.8, 4) is 0 Å². The fourth-order valence-electron chi connectivity index (χ4n) is 3.76. The van der Waals surface area contributed by atoms with Crippen LogP contribution >= 0.6 is 24.0 Å². The van der Waals surface area contributed by atoms with Gasteiger partial charge in [-0.25, -0.2) is 4.39 Å². The highest BCUT2D eigenvalue weighted by molar-refractivity contribution is 14.0. The Labute approximate surface area is 186 Å². The molecule has 1 saturated carbocycles. The Morgan fingerprint density at radius 1 is 1.18 bits per heavy atom. The van der Waals surface area contributed by atoms with Gasteiger partial charge in [0.2, 0.25) is 0 Å². The number of aliphatic imine (C=N–C) groups is 1. The van der Waals surface area contributed by atoms with Gasteiger partial charge in [0.05, 0.1) is 6.54 Å². The van der Waals surface area contributed by atoms with Crippen molar-refractivity contribution in [3.05, 3.63) is 35.6 Å². The number of rotatable bonds is 7. The summed E-state index contributed by atoms with van der Waals surface area (Å²) in [5.74, 6) is 0.730. The minimum Gasteiger partial charge on any atom is -0.357 e. The summed E-state index contributed by atoms with van der Waals surface area (Å²) < 4.78 is 14.2. The van der Waals surface area contributed by atoms with Crippen LogP contribution in [0.2, 0.25) is 0 Å². The summed E-state index contributed by atoms with van der Waals surface area (Å²) in [4.78, 5) is 9.70. The van der Waals surface area contributed by atoms with E-state index in [0.29, 0.717) is 12.6 Å². The third-order valence-corrected chi connectivity index (χ3v) is 5.91. The van der Waals surface area contributed by atoms with Crippen LogP contribution in [0.1, 0.15) is 32.3 Å². The lowest BCUT2D eigenvalue weighted by atomic mass is 9.95. The molecular weight excluding hydrogens is 468 g/mol. The number of guanidine groups is 1. The number of benzene rings is 1. The minimum atomic E-state index is -0.114. The number of hydrogen-bond acceptors (Lipinski definition) is 3. The summed E-state index contributed by atoms with van der Waals surface area (Å²) in [5, 5.41) is 6.82. The molecule has 1 aromatic carbocycles. The van der Waals surface area contributed by atoms with Crippen molar-refractivity contribution in [2.24, 2.45) is 4.99 Å². The molecule has 2 aliphatic rings. The highest BCUT2D eigenvalue weighted by Gasteiger charge is 2.45. The molecule has 1 heterocycles. The molecule has 0 bridgehead atoms. The zero-order chi connectivity index (χ0) is 19.3. The summed E-state index contributed by atoms with van der Waals surface area (Å²) >= 11 is 0. The highest BCUT2D eigenvalue weighted by atomic mass is 127. The van der Waals surface area contributed by atoms with Gasteiger partial charge in [0, 0.05) is 50.7 Å². The van der Waals surface area contributed by atoms with E-state index in [0.717, 1.165) is 63.6 Å². The van der Waals surface area contributed by atoms with Crippen LogP contribution < -0.4 is 10.6 Å². The lowest BCUT2D eigenvalue weighted by Crippen LogP contribution is -2.52. The van der Waals surface area contributed by atoms with E-state index in [-0.39, 0.29) is 35.2 Å². The molecule has 1 aliphatic carbocycles. The van der Waals surface area contributed by atoms with Gasteiger partial charge < -0.3 is 15.5 Å². The average molecular weight is 503 g/mol. The smallest absolute Gasteiger partial charge is 0.191 e. The molecule has 1 atom stereocenters. The maximum Gasteiger partial charge on any atom is 0.191 e. The molecule has 1 saturated heterocycles. The molecule has 1 unspecified atom stereocenters. The predicted molar refractivity (Wildman–Crippen MR) is 125 cm³/mol. The Bertz CT molecular complexity index is 641. The molecule has 5 nitrogen and oxygen atoms in total. The zero-order valence-electron chi connectivity index (χ0n) is 17.4. The summed E-state index contributed by atoms with van der Waals surface area (Å²) in [6, 6.07) is 7.60. The maximum absolute atomic E-state index is 14.2.